The average Bonchev–Trinajstić information content (AvgIpc) is 3.09. The predicted molar refractivity (Wildman–Crippen MR) is 93.6 cm³/mol. The first kappa shape index (κ1) is 17.3. The van der Waals surface area contributed by atoms with Gasteiger partial charge >= 0.3 is 0 Å². The molecule has 2 rings (SSSR count). The van der Waals surface area contributed by atoms with Crippen LogP contribution in [0, 0.1) is 0 Å². The van der Waals surface area contributed by atoms with Gasteiger partial charge in [-0.25, -0.2) is 0 Å². The quantitative estimate of drug-likeness (QED) is 0.727. The van der Waals surface area contributed by atoms with Crippen molar-refractivity contribution in [3.63, 3.8) is 0 Å². The number of hydrogen-bond acceptors (Lipinski definition) is 4. The molecule has 5 heteroatoms. The van der Waals surface area contributed by atoms with E-state index in [0.29, 0.717) is 23.7 Å². The van der Waals surface area contributed by atoms with Crippen LogP contribution in [0.4, 0.5) is 0 Å². The molecule has 0 saturated heterocycles. The molecule has 0 aliphatic carbocycles. The summed E-state index contributed by atoms with van der Waals surface area (Å²) >= 11 is 1.63. The molecule has 1 atom stereocenters. The zero-order valence-corrected chi connectivity index (χ0v) is 14.6. The third kappa shape index (κ3) is 4.73. The lowest BCUT2D eigenvalue weighted by atomic mass is 10.1. The Hall–Kier alpha value is -2.01. The van der Waals surface area contributed by atoms with E-state index in [0.717, 1.165) is 17.7 Å². The summed E-state index contributed by atoms with van der Waals surface area (Å²) < 4.78 is 11.0. The second-order valence-electron chi connectivity index (χ2n) is 5.28. The molecule has 0 bridgehead atoms. The van der Waals surface area contributed by atoms with Crippen LogP contribution < -0.4 is 14.8 Å². The fraction of sp³-hybridized carbons (Fsp3) is 0.389. The molecule has 0 spiro atoms. The number of amides is 1. The fourth-order valence-electron chi connectivity index (χ4n) is 2.14. The smallest absolute Gasteiger partial charge is 0.251 e. The number of thiophene rings is 1. The van der Waals surface area contributed by atoms with Crippen molar-refractivity contribution in [1.29, 1.82) is 0 Å². The van der Waals surface area contributed by atoms with E-state index in [1.165, 1.54) is 0 Å². The van der Waals surface area contributed by atoms with Crippen LogP contribution in [0.15, 0.2) is 35.7 Å². The molecular weight excluding hydrogens is 310 g/mol. The first-order chi connectivity index (χ1) is 11.2. The SMILES string of the molecule is CCCCOc1ccc(C(=O)NC(C)c2cccs2)cc1OC. The van der Waals surface area contributed by atoms with E-state index in [1.54, 1.807) is 36.6 Å². The van der Waals surface area contributed by atoms with E-state index in [-0.39, 0.29) is 11.9 Å². The van der Waals surface area contributed by atoms with Crippen molar-refractivity contribution >= 4 is 17.2 Å². The van der Waals surface area contributed by atoms with Gasteiger partial charge in [0, 0.05) is 10.4 Å². The van der Waals surface area contributed by atoms with Gasteiger partial charge in [0.05, 0.1) is 19.8 Å². The molecule has 0 aliphatic heterocycles. The lowest BCUT2D eigenvalue weighted by Crippen LogP contribution is -2.26. The topological polar surface area (TPSA) is 47.6 Å². The van der Waals surface area contributed by atoms with Crippen LogP contribution in [0.1, 0.15) is 48.0 Å². The van der Waals surface area contributed by atoms with E-state index in [4.69, 9.17) is 9.47 Å². The summed E-state index contributed by atoms with van der Waals surface area (Å²) in [5.74, 6) is 1.13. The van der Waals surface area contributed by atoms with Crippen molar-refractivity contribution in [2.24, 2.45) is 0 Å². The lowest BCUT2D eigenvalue weighted by Gasteiger charge is -2.14. The molecule has 1 amide bonds. The molecule has 4 nitrogen and oxygen atoms in total. The normalized spacial score (nSPS) is 11.8. The maximum Gasteiger partial charge on any atom is 0.251 e. The van der Waals surface area contributed by atoms with Crippen molar-refractivity contribution in [3.8, 4) is 11.5 Å². The van der Waals surface area contributed by atoms with Crippen molar-refractivity contribution in [3.05, 3.63) is 46.2 Å². The van der Waals surface area contributed by atoms with Gasteiger partial charge in [-0.2, -0.15) is 0 Å². The number of hydrogen-bond donors (Lipinski definition) is 1. The molecule has 1 unspecified atom stereocenters. The summed E-state index contributed by atoms with van der Waals surface area (Å²) in [6.07, 6.45) is 2.06. The van der Waals surface area contributed by atoms with E-state index in [1.807, 2.05) is 24.4 Å². The Balaban J connectivity index is 2.05. The Kier molecular flexibility index (Phi) is 6.47. The van der Waals surface area contributed by atoms with Crippen molar-refractivity contribution < 1.29 is 14.3 Å². The minimum absolute atomic E-state index is 0.0195. The van der Waals surface area contributed by atoms with Crippen LogP contribution in [0.3, 0.4) is 0 Å². The fourth-order valence-corrected chi connectivity index (χ4v) is 2.88. The second-order valence-corrected chi connectivity index (χ2v) is 6.26. The minimum Gasteiger partial charge on any atom is -0.493 e. The zero-order valence-electron chi connectivity index (χ0n) is 13.8. The Morgan fingerprint density at radius 1 is 1.30 bits per heavy atom. The molecule has 0 aliphatic rings. The van der Waals surface area contributed by atoms with Crippen molar-refractivity contribution in [1.82, 2.24) is 5.32 Å². The zero-order chi connectivity index (χ0) is 16.7. The Morgan fingerprint density at radius 2 is 2.13 bits per heavy atom. The van der Waals surface area contributed by atoms with Crippen molar-refractivity contribution in [2.45, 2.75) is 32.7 Å². The first-order valence-electron chi connectivity index (χ1n) is 7.80. The summed E-state index contributed by atoms with van der Waals surface area (Å²) in [4.78, 5) is 13.5. The summed E-state index contributed by atoms with van der Waals surface area (Å²) in [7, 11) is 1.58. The van der Waals surface area contributed by atoms with Crippen LogP contribution >= 0.6 is 11.3 Å². The first-order valence-corrected chi connectivity index (χ1v) is 8.68. The Bertz CT molecular complexity index is 625. The molecular formula is C18H23NO3S. The molecule has 1 heterocycles. The van der Waals surface area contributed by atoms with Gasteiger partial charge in [-0.15, -0.1) is 11.3 Å². The number of ether oxygens (including phenoxy) is 2. The molecule has 1 aromatic heterocycles. The van der Waals surface area contributed by atoms with Gasteiger partial charge in [0.2, 0.25) is 0 Å². The van der Waals surface area contributed by atoms with Crippen LogP contribution in [0.5, 0.6) is 11.5 Å². The largest absolute Gasteiger partial charge is 0.493 e. The highest BCUT2D eigenvalue weighted by Crippen LogP contribution is 2.28. The molecule has 23 heavy (non-hydrogen) atoms. The number of benzene rings is 1. The van der Waals surface area contributed by atoms with Crippen LogP contribution in [0.25, 0.3) is 0 Å². The highest BCUT2D eigenvalue weighted by Gasteiger charge is 2.14. The van der Waals surface area contributed by atoms with Gasteiger partial charge in [-0.1, -0.05) is 19.4 Å². The predicted octanol–water partition coefficient (Wildman–Crippen LogP) is 4.43. The van der Waals surface area contributed by atoms with E-state index >= 15 is 0 Å². The second kappa shape index (κ2) is 8.58. The van der Waals surface area contributed by atoms with Gasteiger partial charge < -0.3 is 14.8 Å². The number of carbonyl (C=O) groups excluding carboxylic acids is 1. The number of methoxy groups -OCH3 is 1. The third-order valence-corrected chi connectivity index (χ3v) is 4.55. The molecule has 1 aromatic carbocycles. The summed E-state index contributed by atoms with van der Waals surface area (Å²) in [6, 6.07) is 9.25. The standard InChI is InChI=1S/C18H23NO3S/c1-4-5-10-22-15-9-8-14(12-16(15)21-3)18(20)19-13(2)17-7-6-11-23-17/h6-9,11-13H,4-5,10H2,1-3H3,(H,19,20). The van der Waals surface area contributed by atoms with Gasteiger partial charge in [0.25, 0.3) is 5.91 Å². The summed E-state index contributed by atoms with van der Waals surface area (Å²) in [5.41, 5.74) is 0.563. The number of nitrogens with one attached hydrogen (secondary N) is 1. The molecule has 124 valence electrons. The number of rotatable bonds is 8. The number of unbranched alkanes of at least 4 members (excludes halogenated alkanes) is 1. The Morgan fingerprint density at radius 3 is 2.78 bits per heavy atom. The third-order valence-electron chi connectivity index (χ3n) is 3.50. The van der Waals surface area contributed by atoms with Crippen LogP contribution in [-0.4, -0.2) is 19.6 Å². The molecule has 0 fully saturated rings. The van der Waals surface area contributed by atoms with Gasteiger partial charge in [0.1, 0.15) is 0 Å². The van der Waals surface area contributed by atoms with Crippen LogP contribution in [0.2, 0.25) is 0 Å². The van der Waals surface area contributed by atoms with E-state index < -0.39 is 0 Å². The summed E-state index contributed by atoms with van der Waals surface area (Å²) in [5, 5.41) is 5.00. The summed E-state index contributed by atoms with van der Waals surface area (Å²) in [6.45, 7) is 4.74. The highest BCUT2D eigenvalue weighted by molar-refractivity contribution is 7.10. The maximum atomic E-state index is 12.4. The minimum atomic E-state index is -0.121. The lowest BCUT2D eigenvalue weighted by molar-refractivity contribution is 0.0940. The van der Waals surface area contributed by atoms with Gasteiger partial charge in [-0.05, 0) is 43.0 Å². The molecule has 2 aromatic rings. The Labute approximate surface area is 141 Å². The van der Waals surface area contributed by atoms with Crippen LogP contribution in [-0.2, 0) is 0 Å². The average molecular weight is 333 g/mol. The highest BCUT2D eigenvalue weighted by atomic mass is 32.1. The maximum absolute atomic E-state index is 12.4. The van der Waals surface area contributed by atoms with Crippen molar-refractivity contribution in [2.75, 3.05) is 13.7 Å². The number of carbonyl (C=O) groups is 1. The van der Waals surface area contributed by atoms with E-state index in [9.17, 15) is 4.79 Å². The van der Waals surface area contributed by atoms with Gasteiger partial charge in [-0.3, -0.25) is 4.79 Å². The van der Waals surface area contributed by atoms with Gasteiger partial charge in [0.15, 0.2) is 11.5 Å². The van der Waals surface area contributed by atoms with E-state index in [2.05, 4.69) is 12.2 Å². The monoisotopic (exact) mass is 333 g/mol. The molecule has 0 saturated carbocycles. The molecule has 0 radical (unpaired) electrons. The molecule has 1 N–H and O–H groups in total.